The minimum Gasteiger partial charge on any atom is -0.478 e. The molecule has 1 rings (SSSR count). The van der Waals surface area contributed by atoms with Crippen molar-refractivity contribution in [1.29, 1.82) is 0 Å². The lowest BCUT2D eigenvalue weighted by Gasteiger charge is -2.13. The lowest BCUT2D eigenvalue weighted by atomic mass is 10.3. The van der Waals surface area contributed by atoms with Crippen LogP contribution in [0.1, 0.15) is 16.1 Å². The first-order valence-corrected chi connectivity index (χ1v) is 4.74. The smallest absolute Gasteiger partial charge is 0.338 e. The summed E-state index contributed by atoms with van der Waals surface area (Å²) < 4.78 is 15.0. The summed E-state index contributed by atoms with van der Waals surface area (Å²) in [6.07, 6.45) is 0.887. The molecule has 6 heteroatoms. The summed E-state index contributed by atoms with van der Waals surface area (Å²) in [5.41, 5.74) is 0.145. The molecule has 0 saturated heterocycles. The molecule has 16 heavy (non-hydrogen) atoms. The molecule has 0 atom stereocenters. The Balaban J connectivity index is 2.34. The number of methoxy groups -OCH3 is 2. The number of carboxylic acid groups (broad SMARTS) is 1. The third kappa shape index (κ3) is 3.65. The number of rotatable bonds is 7. The first-order valence-electron chi connectivity index (χ1n) is 4.74. The van der Waals surface area contributed by atoms with Crippen molar-refractivity contribution in [3.05, 3.63) is 23.7 Å². The highest BCUT2D eigenvalue weighted by molar-refractivity contribution is 5.87. The quantitative estimate of drug-likeness (QED) is 0.669. The van der Waals surface area contributed by atoms with Gasteiger partial charge in [-0.05, 0) is 6.07 Å². The molecule has 0 saturated carbocycles. The predicted octanol–water partition coefficient (Wildman–Crippen LogP) is 0.686. The van der Waals surface area contributed by atoms with Crippen LogP contribution < -0.4 is 5.32 Å². The summed E-state index contributed by atoms with van der Waals surface area (Å²) in [4.78, 5) is 10.6. The minimum atomic E-state index is -0.998. The molecule has 0 aromatic carbocycles. The Labute approximate surface area is 93.1 Å². The molecule has 0 aliphatic carbocycles. The molecule has 0 unspecified atom stereocenters. The lowest BCUT2D eigenvalue weighted by Crippen LogP contribution is -2.29. The van der Waals surface area contributed by atoms with Crippen LogP contribution in [0.3, 0.4) is 0 Å². The van der Waals surface area contributed by atoms with Crippen molar-refractivity contribution in [1.82, 2.24) is 5.32 Å². The van der Waals surface area contributed by atoms with Crippen molar-refractivity contribution in [2.45, 2.75) is 12.8 Å². The van der Waals surface area contributed by atoms with Crippen molar-refractivity contribution in [2.24, 2.45) is 0 Å². The number of hydrogen-bond donors (Lipinski definition) is 2. The molecule has 0 amide bonds. The summed E-state index contributed by atoms with van der Waals surface area (Å²) in [5.74, 6) is -0.440. The van der Waals surface area contributed by atoms with Crippen molar-refractivity contribution >= 4 is 5.97 Å². The SMILES string of the molecule is COC(CNCc1cc(C(=O)O)co1)OC. The van der Waals surface area contributed by atoms with Gasteiger partial charge in [-0.15, -0.1) is 0 Å². The third-order valence-electron chi connectivity index (χ3n) is 2.04. The summed E-state index contributed by atoms with van der Waals surface area (Å²) >= 11 is 0. The molecule has 0 aliphatic heterocycles. The fraction of sp³-hybridized carbons (Fsp3) is 0.500. The summed E-state index contributed by atoms with van der Waals surface area (Å²) in [7, 11) is 3.09. The van der Waals surface area contributed by atoms with Gasteiger partial charge in [-0.1, -0.05) is 0 Å². The number of nitrogens with one attached hydrogen (secondary N) is 1. The Bertz CT molecular complexity index is 332. The van der Waals surface area contributed by atoms with E-state index in [0.29, 0.717) is 18.8 Å². The Hall–Kier alpha value is -1.37. The molecule has 0 bridgehead atoms. The second kappa shape index (κ2) is 6.26. The molecule has 2 N–H and O–H groups in total. The first-order chi connectivity index (χ1) is 7.67. The maximum Gasteiger partial charge on any atom is 0.338 e. The number of carbonyl (C=O) groups is 1. The zero-order chi connectivity index (χ0) is 12.0. The number of hydrogen-bond acceptors (Lipinski definition) is 5. The topological polar surface area (TPSA) is 80.9 Å². The molecule has 90 valence electrons. The van der Waals surface area contributed by atoms with Crippen LogP contribution in [-0.4, -0.2) is 38.1 Å². The van der Waals surface area contributed by atoms with Gasteiger partial charge in [0.15, 0.2) is 6.29 Å². The van der Waals surface area contributed by atoms with Gasteiger partial charge >= 0.3 is 5.97 Å². The Morgan fingerprint density at radius 3 is 2.75 bits per heavy atom. The lowest BCUT2D eigenvalue weighted by molar-refractivity contribution is -0.0990. The van der Waals surface area contributed by atoms with Gasteiger partial charge in [0.25, 0.3) is 0 Å². The fourth-order valence-electron chi connectivity index (χ4n) is 1.16. The number of aromatic carboxylic acids is 1. The van der Waals surface area contributed by atoms with E-state index in [0.717, 1.165) is 0 Å². The fourth-order valence-corrected chi connectivity index (χ4v) is 1.16. The maximum atomic E-state index is 10.6. The average Bonchev–Trinajstić information content (AvgIpc) is 2.73. The van der Waals surface area contributed by atoms with Gasteiger partial charge in [-0.25, -0.2) is 4.79 Å². The highest BCUT2D eigenvalue weighted by Gasteiger charge is 2.09. The Morgan fingerprint density at radius 2 is 2.25 bits per heavy atom. The van der Waals surface area contributed by atoms with Gasteiger partial charge < -0.3 is 24.3 Å². The van der Waals surface area contributed by atoms with Crippen molar-refractivity contribution in [3.8, 4) is 0 Å². The van der Waals surface area contributed by atoms with E-state index in [2.05, 4.69) is 5.32 Å². The van der Waals surface area contributed by atoms with Crippen LogP contribution in [0.25, 0.3) is 0 Å². The van der Waals surface area contributed by atoms with Gasteiger partial charge in [0.1, 0.15) is 12.0 Å². The van der Waals surface area contributed by atoms with Crippen molar-refractivity contribution in [3.63, 3.8) is 0 Å². The highest BCUT2D eigenvalue weighted by Crippen LogP contribution is 2.07. The summed E-state index contributed by atoms with van der Waals surface area (Å²) in [6.45, 7) is 0.923. The number of furan rings is 1. The molecule has 6 nitrogen and oxygen atoms in total. The average molecular weight is 229 g/mol. The number of ether oxygens (including phenoxy) is 2. The van der Waals surface area contributed by atoms with Gasteiger partial charge in [0.05, 0.1) is 12.1 Å². The van der Waals surface area contributed by atoms with Crippen molar-refractivity contribution < 1.29 is 23.8 Å². The Morgan fingerprint density at radius 1 is 1.56 bits per heavy atom. The second-order valence-corrected chi connectivity index (χ2v) is 3.14. The summed E-state index contributed by atoms with van der Waals surface area (Å²) in [6, 6.07) is 1.48. The highest BCUT2D eigenvalue weighted by atomic mass is 16.7. The molecule has 0 aliphatic rings. The molecular formula is C10H15NO5. The van der Waals surface area contributed by atoms with E-state index in [1.807, 2.05) is 0 Å². The molecule has 0 radical (unpaired) electrons. The van der Waals surface area contributed by atoms with E-state index in [1.165, 1.54) is 12.3 Å². The molecular weight excluding hydrogens is 214 g/mol. The zero-order valence-corrected chi connectivity index (χ0v) is 9.23. The van der Waals surface area contributed by atoms with Crippen molar-refractivity contribution in [2.75, 3.05) is 20.8 Å². The van der Waals surface area contributed by atoms with E-state index in [-0.39, 0.29) is 11.9 Å². The molecule has 1 heterocycles. The largest absolute Gasteiger partial charge is 0.478 e. The predicted molar refractivity (Wildman–Crippen MR) is 55.2 cm³/mol. The van der Waals surface area contributed by atoms with E-state index in [4.69, 9.17) is 19.0 Å². The van der Waals surface area contributed by atoms with Crippen LogP contribution in [0.5, 0.6) is 0 Å². The standard InChI is InChI=1S/C10H15NO5/c1-14-9(15-2)5-11-4-8-3-7(6-16-8)10(12)13/h3,6,9,11H,4-5H2,1-2H3,(H,12,13). The summed E-state index contributed by atoms with van der Waals surface area (Å²) in [5, 5.41) is 11.7. The second-order valence-electron chi connectivity index (χ2n) is 3.14. The number of carboxylic acids is 1. The maximum absolute atomic E-state index is 10.6. The van der Waals surface area contributed by atoms with Crippen LogP contribution in [-0.2, 0) is 16.0 Å². The molecule has 0 spiro atoms. The van der Waals surface area contributed by atoms with Gasteiger partial charge in [0, 0.05) is 20.8 Å². The molecule has 1 aromatic heterocycles. The van der Waals surface area contributed by atoms with Gasteiger partial charge in [-0.3, -0.25) is 0 Å². The molecule has 1 aromatic rings. The van der Waals surface area contributed by atoms with E-state index < -0.39 is 5.97 Å². The Kier molecular flexibility index (Phi) is 4.97. The van der Waals surface area contributed by atoms with Crippen LogP contribution >= 0.6 is 0 Å². The third-order valence-corrected chi connectivity index (χ3v) is 2.04. The van der Waals surface area contributed by atoms with Crippen LogP contribution in [0.2, 0.25) is 0 Å². The first kappa shape index (κ1) is 12.7. The van der Waals surface area contributed by atoms with Gasteiger partial charge in [0.2, 0.25) is 0 Å². The normalized spacial score (nSPS) is 10.9. The van der Waals surface area contributed by atoms with E-state index in [1.54, 1.807) is 14.2 Å². The molecule has 0 fully saturated rings. The van der Waals surface area contributed by atoms with E-state index in [9.17, 15) is 4.79 Å². The van der Waals surface area contributed by atoms with Crippen LogP contribution in [0.15, 0.2) is 16.7 Å². The van der Waals surface area contributed by atoms with Crippen LogP contribution in [0, 0.1) is 0 Å². The van der Waals surface area contributed by atoms with Crippen LogP contribution in [0.4, 0.5) is 0 Å². The van der Waals surface area contributed by atoms with E-state index >= 15 is 0 Å². The minimum absolute atomic E-state index is 0.145. The zero-order valence-electron chi connectivity index (χ0n) is 9.23. The monoisotopic (exact) mass is 229 g/mol. The van der Waals surface area contributed by atoms with Gasteiger partial charge in [-0.2, -0.15) is 0 Å².